The maximum absolute atomic E-state index is 12.7. The second-order valence-electron chi connectivity index (χ2n) is 5.16. The molecule has 0 atom stereocenters. The van der Waals surface area contributed by atoms with Gasteiger partial charge in [-0.05, 0) is 42.3 Å². The SMILES string of the molecule is Nc1ccc2c(c1)N(C(=O)c1ccc3c(c1)OCO3)CC2. The number of benzene rings is 2. The van der Waals surface area contributed by atoms with Crippen LogP contribution < -0.4 is 20.1 Å². The molecule has 0 bridgehead atoms. The molecule has 2 aliphatic heterocycles. The van der Waals surface area contributed by atoms with E-state index in [9.17, 15) is 4.79 Å². The van der Waals surface area contributed by atoms with Crippen molar-refractivity contribution < 1.29 is 14.3 Å². The number of nitrogen functional groups attached to an aromatic ring is 1. The Hall–Kier alpha value is -2.69. The van der Waals surface area contributed by atoms with E-state index in [1.807, 2.05) is 18.2 Å². The molecule has 106 valence electrons. The fraction of sp³-hybridized carbons (Fsp3) is 0.188. The maximum Gasteiger partial charge on any atom is 0.258 e. The fourth-order valence-corrected chi connectivity index (χ4v) is 2.79. The van der Waals surface area contributed by atoms with E-state index < -0.39 is 0 Å². The quantitative estimate of drug-likeness (QED) is 0.814. The Labute approximate surface area is 121 Å². The van der Waals surface area contributed by atoms with Crippen molar-refractivity contribution in [1.29, 1.82) is 0 Å². The topological polar surface area (TPSA) is 64.8 Å². The molecule has 0 spiro atoms. The van der Waals surface area contributed by atoms with Gasteiger partial charge < -0.3 is 20.1 Å². The summed E-state index contributed by atoms with van der Waals surface area (Å²) in [7, 11) is 0. The van der Waals surface area contributed by atoms with E-state index in [2.05, 4.69) is 0 Å². The summed E-state index contributed by atoms with van der Waals surface area (Å²) in [6.07, 6.45) is 0.853. The summed E-state index contributed by atoms with van der Waals surface area (Å²) in [6.45, 7) is 0.877. The Bertz CT molecular complexity index is 742. The van der Waals surface area contributed by atoms with Gasteiger partial charge in [0, 0.05) is 23.5 Å². The van der Waals surface area contributed by atoms with Gasteiger partial charge in [0.05, 0.1) is 0 Å². The fourth-order valence-electron chi connectivity index (χ4n) is 2.79. The van der Waals surface area contributed by atoms with Crippen LogP contribution in [0.15, 0.2) is 36.4 Å². The number of hydrogen-bond donors (Lipinski definition) is 1. The first kappa shape index (κ1) is 12.1. The molecule has 0 unspecified atom stereocenters. The van der Waals surface area contributed by atoms with E-state index >= 15 is 0 Å². The second kappa shape index (κ2) is 4.41. The molecule has 1 amide bonds. The lowest BCUT2D eigenvalue weighted by atomic mass is 10.1. The van der Waals surface area contributed by atoms with Crippen LogP contribution in [0, 0.1) is 0 Å². The van der Waals surface area contributed by atoms with Crippen LogP contribution in [0.5, 0.6) is 11.5 Å². The number of hydrogen-bond acceptors (Lipinski definition) is 4. The minimum Gasteiger partial charge on any atom is -0.454 e. The highest BCUT2D eigenvalue weighted by Gasteiger charge is 2.27. The molecule has 0 aromatic heterocycles. The zero-order chi connectivity index (χ0) is 14.4. The number of nitrogens with zero attached hydrogens (tertiary/aromatic N) is 1. The number of rotatable bonds is 1. The minimum atomic E-state index is -0.0438. The Morgan fingerprint density at radius 3 is 2.86 bits per heavy atom. The summed E-state index contributed by atoms with van der Waals surface area (Å²) in [6, 6.07) is 11.0. The van der Waals surface area contributed by atoms with Crippen LogP contribution in [-0.2, 0) is 6.42 Å². The van der Waals surface area contributed by atoms with Gasteiger partial charge in [-0.2, -0.15) is 0 Å². The van der Waals surface area contributed by atoms with Crippen molar-refractivity contribution in [3.05, 3.63) is 47.5 Å². The van der Waals surface area contributed by atoms with Crippen LogP contribution in [0.2, 0.25) is 0 Å². The number of nitrogens with two attached hydrogens (primary N) is 1. The van der Waals surface area contributed by atoms with Crippen LogP contribution in [0.25, 0.3) is 0 Å². The zero-order valence-electron chi connectivity index (χ0n) is 11.3. The highest BCUT2D eigenvalue weighted by molar-refractivity contribution is 6.07. The second-order valence-corrected chi connectivity index (χ2v) is 5.16. The van der Waals surface area contributed by atoms with Crippen LogP contribution in [0.3, 0.4) is 0 Å². The van der Waals surface area contributed by atoms with E-state index in [4.69, 9.17) is 15.2 Å². The Balaban J connectivity index is 1.69. The van der Waals surface area contributed by atoms with Gasteiger partial charge in [0.1, 0.15) is 0 Å². The first-order valence-electron chi connectivity index (χ1n) is 6.82. The van der Waals surface area contributed by atoms with E-state index in [1.165, 1.54) is 0 Å². The molecule has 2 aromatic carbocycles. The van der Waals surface area contributed by atoms with E-state index in [-0.39, 0.29) is 12.7 Å². The molecule has 0 radical (unpaired) electrons. The standard InChI is InChI=1S/C16H14N2O3/c17-12-3-1-10-5-6-18(13(10)8-12)16(19)11-2-4-14-15(7-11)21-9-20-14/h1-4,7-8H,5-6,9,17H2. The van der Waals surface area contributed by atoms with Crippen molar-refractivity contribution in [2.75, 3.05) is 24.0 Å². The van der Waals surface area contributed by atoms with Gasteiger partial charge in [0.25, 0.3) is 5.91 Å². The Kier molecular flexibility index (Phi) is 2.54. The first-order valence-corrected chi connectivity index (χ1v) is 6.82. The first-order chi connectivity index (χ1) is 10.2. The van der Waals surface area contributed by atoms with Gasteiger partial charge in [0.2, 0.25) is 6.79 Å². The smallest absolute Gasteiger partial charge is 0.258 e. The van der Waals surface area contributed by atoms with Crippen molar-refractivity contribution in [1.82, 2.24) is 0 Å². The van der Waals surface area contributed by atoms with Crippen LogP contribution in [0.1, 0.15) is 15.9 Å². The van der Waals surface area contributed by atoms with Gasteiger partial charge in [-0.3, -0.25) is 4.79 Å². The summed E-state index contributed by atoms with van der Waals surface area (Å²) in [5.41, 5.74) is 9.14. The molecule has 0 saturated heterocycles. The number of amides is 1. The molecule has 2 aromatic rings. The summed E-state index contributed by atoms with van der Waals surface area (Å²) in [5, 5.41) is 0. The molecule has 2 aliphatic rings. The van der Waals surface area contributed by atoms with Crippen molar-refractivity contribution >= 4 is 17.3 Å². The number of anilines is 2. The molecule has 0 aliphatic carbocycles. The highest BCUT2D eigenvalue weighted by atomic mass is 16.7. The largest absolute Gasteiger partial charge is 0.454 e. The summed E-state index contributed by atoms with van der Waals surface area (Å²) in [5.74, 6) is 1.25. The summed E-state index contributed by atoms with van der Waals surface area (Å²) >= 11 is 0. The molecule has 4 rings (SSSR count). The molecule has 5 heteroatoms. The van der Waals surface area contributed by atoms with Gasteiger partial charge in [0.15, 0.2) is 11.5 Å². The van der Waals surface area contributed by atoms with E-state index in [1.54, 1.807) is 23.1 Å². The van der Waals surface area contributed by atoms with Crippen LogP contribution in [0.4, 0.5) is 11.4 Å². The molecular formula is C16H14N2O3. The maximum atomic E-state index is 12.7. The normalized spacial score (nSPS) is 15.1. The summed E-state index contributed by atoms with van der Waals surface area (Å²) < 4.78 is 10.6. The van der Waals surface area contributed by atoms with Gasteiger partial charge in [-0.15, -0.1) is 0 Å². The average Bonchev–Trinajstić information content (AvgIpc) is 3.11. The predicted octanol–water partition coefficient (Wildman–Crippen LogP) is 2.20. The number of carbonyl (C=O) groups is 1. The van der Waals surface area contributed by atoms with Crippen molar-refractivity contribution in [2.24, 2.45) is 0 Å². The highest BCUT2D eigenvalue weighted by Crippen LogP contribution is 2.35. The zero-order valence-corrected chi connectivity index (χ0v) is 11.3. The Morgan fingerprint density at radius 1 is 1.10 bits per heavy atom. The van der Waals surface area contributed by atoms with Crippen molar-refractivity contribution in [3.63, 3.8) is 0 Å². The van der Waals surface area contributed by atoms with Gasteiger partial charge >= 0.3 is 0 Å². The van der Waals surface area contributed by atoms with Crippen molar-refractivity contribution in [3.8, 4) is 11.5 Å². The molecule has 2 heterocycles. The van der Waals surface area contributed by atoms with Crippen molar-refractivity contribution in [2.45, 2.75) is 6.42 Å². The number of fused-ring (bicyclic) bond motifs is 2. The van der Waals surface area contributed by atoms with Crippen LogP contribution in [-0.4, -0.2) is 19.2 Å². The lowest BCUT2D eigenvalue weighted by Gasteiger charge is -2.18. The van der Waals surface area contributed by atoms with Gasteiger partial charge in [-0.25, -0.2) is 0 Å². The third-order valence-corrected chi connectivity index (χ3v) is 3.87. The minimum absolute atomic E-state index is 0.0438. The molecule has 0 saturated carbocycles. The lowest BCUT2D eigenvalue weighted by Crippen LogP contribution is -2.28. The predicted molar refractivity (Wildman–Crippen MR) is 78.8 cm³/mol. The van der Waals surface area contributed by atoms with Crippen LogP contribution >= 0.6 is 0 Å². The Morgan fingerprint density at radius 2 is 1.95 bits per heavy atom. The molecule has 2 N–H and O–H groups in total. The lowest BCUT2D eigenvalue weighted by molar-refractivity contribution is 0.0989. The summed E-state index contributed by atoms with van der Waals surface area (Å²) in [4.78, 5) is 14.5. The molecule has 21 heavy (non-hydrogen) atoms. The average molecular weight is 282 g/mol. The molecule has 5 nitrogen and oxygen atoms in total. The number of ether oxygens (including phenoxy) is 2. The third kappa shape index (κ3) is 1.89. The van der Waals surface area contributed by atoms with E-state index in [0.29, 0.717) is 29.3 Å². The van der Waals surface area contributed by atoms with E-state index in [0.717, 1.165) is 17.7 Å². The third-order valence-electron chi connectivity index (χ3n) is 3.87. The molecular weight excluding hydrogens is 268 g/mol. The monoisotopic (exact) mass is 282 g/mol. The molecule has 0 fully saturated rings. The number of carbonyl (C=O) groups excluding carboxylic acids is 1. The van der Waals surface area contributed by atoms with Gasteiger partial charge in [-0.1, -0.05) is 6.07 Å².